The second-order valence-electron chi connectivity index (χ2n) is 10.0. The highest BCUT2D eigenvalue weighted by atomic mass is 32.2. The van der Waals surface area contributed by atoms with Crippen molar-refractivity contribution in [3.8, 4) is 11.4 Å². The average Bonchev–Trinajstić information content (AvgIpc) is 3.64. The fourth-order valence-corrected chi connectivity index (χ4v) is 7.70. The van der Waals surface area contributed by atoms with E-state index in [1.807, 2.05) is 24.4 Å². The number of carbonyl (C=O) groups is 1. The normalized spacial score (nSPS) is 17.3. The maximum absolute atomic E-state index is 12.7. The molecule has 2 N–H and O–H groups in total. The van der Waals surface area contributed by atoms with Crippen molar-refractivity contribution in [3.05, 3.63) is 48.0 Å². The summed E-state index contributed by atoms with van der Waals surface area (Å²) in [6.07, 6.45) is 2.94. The van der Waals surface area contributed by atoms with Crippen LogP contribution in [0.15, 0.2) is 43.1 Å². The highest BCUT2D eigenvalue weighted by Gasteiger charge is 2.27. The summed E-state index contributed by atoms with van der Waals surface area (Å²) in [6.45, 7) is 9.09. The van der Waals surface area contributed by atoms with Crippen molar-refractivity contribution in [1.82, 2.24) is 34.7 Å². The Bertz CT molecular complexity index is 1670. The highest BCUT2D eigenvalue weighted by Crippen LogP contribution is 2.36. The summed E-state index contributed by atoms with van der Waals surface area (Å²) in [6, 6.07) is 8.13. The third kappa shape index (κ3) is 5.97. The van der Waals surface area contributed by atoms with E-state index in [1.165, 1.54) is 4.31 Å². The number of nitrogens with one attached hydrogen (secondary N) is 2. The van der Waals surface area contributed by atoms with Crippen LogP contribution in [0, 0.1) is 0 Å². The first-order chi connectivity index (χ1) is 19.9. The number of fused-ring (bicyclic) bond motifs is 2. The Kier molecular flexibility index (Phi) is 7.99. The van der Waals surface area contributed by atoms with Gasteiger partial charge in [-0.15, -0.1) is 11.3 Å². The fourth-order valence-electron chi connectivity index (χ4n) is 5.21. The molecule has 2 fully saturated rings. The predicted molar refractivity (Wildman–Crippen MR) is 159 cm³/mol. The van der Waals surface area contributed by atoms with Crippen molar-refractivity contribution < 1.29 is 17.9 Å². The molecule has 6 rings (SSSR count). The van der Waals surface area contributed by atoms with Gasteiger partial charge in [-0.1, -0.05) is 18.7 Å². The van der Waals surface area contributed by atoms with Crippen LogP contribution in [0.25, 0.3) is 32.5 Å². The molecule has 0 spiro atoms. The number of aromatic nitrogens is 4. The molecule has 0 unspecified atom stereocenters. The van der Waals surface area contributed by atoms with E-state index < -0.39 is 10.0 Å². The number of hydrogen-bond acceptors (Lipinski definition) is 10. The molecule has 216 valence electrons. The number of aromatic amines is 1. The molecule has 0 atom stereocenters. The standard InChI is InChI=1S/C27H32N8O4S2/c1-2-24(36)28-6-15-41(37,38)35-9-7-33(8-10-35)18-19-16-23-25(40-19)27(34-11-13-39-14-12-34)31-26(30-23)20-4-3-5-22-21(20)17-29-32-22/h2-5,16-17H,1,6-15,18H2,(H,28,36)(H,29,32). The summed E-state index contributed by atoms with van der Waals surface area (Å²) in [7, 11) is -3.45. The second-order valence-corrected chi connectivity index (χ2v) is 13.2. The van der Waals surface area contributed by atoms with Gasteiger partial charge in [0.15, 0.2) is 11.6 Å². The van der Waals surface area contributed by atoms with E-state index in [1.54, 1.807) is 11.3 Å². The van der Waals surface area contributed by atoms with E-state index >= 15 is 0 Å². The van der Waals surface area contributed by atoms with Crippen molar-refractivity contribution in [2.75, 3.05) is 69.7 Å². The molecule has 12 nitrogen and oxygen atoms in total. The topological polar surface area (TPSA) is 137 Å². The SMILES string of the molecule is C=CC(=O)NCCS(=O)(=O)N1CCN(Cc2cc3nc(-c4cccc5[nH]ncc45)nc(N4CCOCC4)c3s2)CC1. The summed E-state index contributed by atoms with van der Waals surface area (Å²) < 4.78 is 33.6. The number of ether oxygens (including phenoxy) is 1. The average molecular weight is 597 g/mol. The quantitative estimate of drug-likeness (QED) is 0.277. The van der Waals surface area contributed by atoms with Crippen LogP contribution in [0.4, 0.5) is 5.82 Å². The lowest BCUT2D eigenvalue weighted by Gasteiger charge is -2.33. The number of nitrogens with zero attached hydrogens (tertiary/aromatic N) is 6. The molecule has 1 aromatic carbocycles. The van der Waals surface area contributed by atoms with Crippen molar-refractivity contribution in [2.24, 2.45) is 0 Å². The van der Waals surface area contributed by atoms with Crippen molar-refractivity contribution >= 4 is 54.2 Å². The lowest BCUT2D eigenvalue weighted by Crippen LogP contribution is -2.49. The van der Waals surface area contributed by atoms with Crippen molar-refractivity contribution in [2.45, 2.75) is 6.54 Å². The molecule has 14 heteroatoms. The van der Waals surface area contributed by atoms with Gasteiger partial charge in [-0.3, -0.25) is 14.8 Å². The minimum Gasteiger partial charge on any atom is -0.378 e. The van der Waals surface area contributed by atoms with Gasteiger partial charge in [-0.05, 0) is 18.2 Å². The lowest BCUT2D eigenvalue weighted by atomic mass is 10.1. The maximum atomic E-state index is 12.7. The third-order valence-electron chi connectivity index (χ3n) is 7.39. The Hall–Kier alpha value is -3.43. The van der Waals surface area contributed by atoms with Crippen LogP contribution < -0.4 is 10.2 Å². The Morgan fingerprint density at radius 3 is 2.73 bits per heavy atom. The first-order valence-electron chi connectivity index (χ1n) is 13.6. The molecular weight excluding hydrogens is 564 g/mol. The van der Waals surface area contributed by atoms with E-state index in [9.17, 15) is 13.2 Å². The van der Waals surface area contributed by atoms with Crippen LogP contribution in [0.5, 0.6) is 0 Å². The molecule has 4 aromatic rings. The van der Waals surface area contributed by atoms with E-state index in [2.05, 4.69) is 38.0 Å². The molecule has 5 heterocycles. The van der Waals surface area contributed by atoms with Crippen molar-refractivity contribution in [1.29, 1.82) is 0 Å². The molecule has 2 aliphatic rings. The Labute approximate surface area is 242 Å². The van der Waals surface area contributed by atoms with E-state index in [4.69, 9.17) is 14.7 Å². The largest absolute Gasteiger partial charge is 0.378 e. The van der Waals surface area contributed by atoms with Crippen LogP contribution in [0.2, 0.25) is 0 Å². The number of benzene rings is 1. The molecule has 1 amide bonds. The third-order valence-corrected chi connectivity index (χ3v) is 10.4. The predicted octanol–water partition coefficient (Wildman–Crippen LogP) is 1.82. The molecule has 0 saturated carbocycles. The monoisotopic (exact) mass is 596 g/mol. The van der Waals surface area contributed by atoms with Gasteiger partial charge in [0, 0.05) is 68.2 Å². The van der Waals surface area contributed by atoms with Crippen LogP contribution in [0.3, 0.4) is 0 Å². The Balaban J connectivity index is 1.21. The number of carbonyl (C=O) groups excluding carboxylic acids is 1. The zero-order valence-corrected chi connectivity index (χ0v) is 24.2. The zero-order chi connectivity index (χ0) is 28.4. The van der Waals surface area contributed by atoms with Crippen LogP contribution in [-0.4, -0.2) is 108 Å². The fraction of sp³-hybridized carbons (Fsp3) is 0.407. The van der Waals surface area contributed by atoms with Crippen LogP contribution in [0.1, 0.15) is 4.88 Å². The number of morpholine rings is 1. The smallest absolute Gasteiger partial charge is 0.243 e. The molecular formula is C27H32N8O4S2. The van der Waals surface area contributed by atoms with E-state index in [0.717, 1.165) is 56.5 Å². The lowest BCUT2D eigenvalue weighted by molar-refractivity contribution is -0.116. The molecule has 2 aliphatic heterocycles. The summed E-state index contributed by atoms with van der Waals surface area (Å²) in [5, 5.41) is 10.7. The summed E-state index contributed by atoms with van der Waals surface area (Å²) in [5.41, 5.74) is 2.77. The molecule has 0 bridgehead atoms. The number of amides is 1. The van der Waals surface area contributed by atoms with Crippen molar-refractivity contribution in [3.63, 3.8) is 0 Å². The Morgan fingerprint density at radius 2 is 1.95 bits per heavy atom. The summed E-state index contributed by atoms with van der Waals surface area (Å²) in [4.78, 5) is 27.1. The molecule has 41 heavy (non-hydrogen) atoms. The van der Waals surface area contributed by atoms with Gasteiger partial charge in [0.2, 0.25) is 15.9 Å². The summed E-state index contributed by atoms with van der Waals surface area (Å²) in [5.74, 6) is 1.09. The maximum Gasteiger partial charge on any atom is 0.243 e. The minimum absolute atomic E-state index is 0.0682. The highest BCUT2D eigenvalue weighted by molar-refractivity contribution is 7.89. The minimum atomic E-state index is -3.45. The van der Waals surface area contributed by atoms with Gasteiger partial charge in [0.1, 0.15) is 0 Å². The molecule has 2 saturated heterocycles. The number of H-pyrrole nitrogens is 1. The number of rotatable bonds is 9. The zero-order valence-electron chi connectivity index (χ0n) is 22.6. The van der Waals surface area contributed by atoms with Gasteiger partial charge < -0.3 is 15.0 Å². The van der Waals surface area contributed by atoms with Gasteiger partial charge in [0.25, 0.3) is 0 Å². The molecule has 0 radical (unpaired) electrons. The van der Waals surface area contributed by atoms with Gasteiger partial charge in [-0.25, -0.2) is 18.4 Å². The summed E-state index contributed by atoms with van der Waals surface area (Å²) >= 11 is 1.69. The number of piperazine rings is 1. The second kappa shape index (κ2) is 11.8. The first kappa shape index (κ1) is 27.7. The van der Waals surface area contributed by atoms with E-state index in [-0.39, 0.29) is 18.2 Å². The van der Waals surface area contributed by atoms with Gasteiger partial charge in [-0.2, -0.15) is 9.40 Å². The van der Waals surface area contributed by atoms with Crippen LogP contribution >= 0.6 is 11.3 Å². The Morgan fingerprint density at radius 1 is 1.15 bits per heavy atom. The first-order valence-corrected chi connectivity index (χ1v) is 16.0. The number of hydrogen-bond donors (Lipinski definition) is 2. The number of thiophene rings is 1. The number of anilines is 1. The van der Waals surface area contributed by atoms with Gasteiger partial charge in [0.05, 0.1) is 40.9 Å². The van der Waals surface area contributed by atoms with E-state index in [0.29, 0.717) is 51.8 Å². The van der Waals surface area contributed by atoms with Crippen LogP contribution in [-0.2, 0) is 26.1 Å². The van der Waals surface area contributed by atoms with Gasteiger partial charge >= 0.3 is 0 Å². The number of sulfonamides is 1. The molecule has 0 aliphatic carbocycles. The molecule has 3 aromatic heterocycles.